The summed E-state index contributed by atoms with van der Waals surface area (Å²) < 4.78 is 17.1. The normalized spacial score (nSPS) is 18.0. The fourth-order valence-corrected chi connectivity index (χ4v) is 5.60. The van der Waals surface area contributed by atoms with Gasteiger partial charge in [-0.2, -0.15) is 0 Å². The van der Waals surface area contributed by atoms with Crippen LogP contribution in [0.2, 0.25) is 0 Å². The lowest BCUT2D eigenvalue weighted by molar-refractivity contribution is -0.112. The van der Waals surface area contributed by atoms with E-state index >= 15 is 0 Å². The number of anilines is 2. The van der Waals surface area contributed by atoms with Gasteiger partial charge in [-0.25, -0.2) is 0 Å². The Hall–Kier alpha value is -3.26. The number of carbonyl (C=O) groups excluding carboxylic acids is 1. The Labute approximate surface area is 255 Å². The molecule has 0 spiro atoms. The molecule has 0 saturated carbocycles. The fraction of sp³-hybridized carbons (Fsp3) is 0.400. The van der Waals surface area contributed by atoms with Crippen molar-refractivity contribution >= 4 is 36.0 Å². The number of unbranched alkanes of at least 4 members (excludes halogenated alkanes) is 1. The molecule has 42 heavy (non-hydrogen) atoms. The van der Waals surface area contributed by atoms with Gasteiger partial charge in [0.2, 0.25) is 0 Å². The second-order valence-corrected chi connectivity index (χ2v) is 11.6. The minimum atomic E-state index is -0.0592. The second-order valence-electron chi connectivity index (χ2n) is 11.1. The van der Waals surface area contributed by atoms with Gasteiger partial charge in [0.25, 0.3) is 5.91 Å². The van der Waals surface area contributed by atoms with Gasteiger partial charge in [0.05, 0.1) is 13.2 Å². The van der Waals surface area contributed by atoms with Gasteiger partial charge in [0, 0.05) is 54.1 Å². The van der Waals surface area contributed by atoms with Crippen molar-refractivity contribution in [2.45, 2.75) is 43.9 Å². The molecule has 1 saturated heterocycles. The van der Waals surface area contributed by atoms with E-state index in [1.165, 1.54) is 0 Å². The Morgan fingerprint density at radius 2 is 1.83 bits per heavy atom. The molecule has 6 nitrogen and oxygen atoms in total. The number of hydrogen-bond acceptors (Lipinski definition) is 6. The van der Waals surface area contributed by atoms with Crippen LogP contribution < -0.4 is 15.0 Å². The standard InChI is InChI=1S/C35H42N2O4S/c1-2-3-18-39-20-21-41-32-11-6-27(7-12-32)28-8-15-34-30(22-28)23-29(35(38)36-31-9-13-33(42)14-10-31)5-4-17-37(34)24-26-16-19-40-25-26/h6-15,22-23,26,42H,2-5,16-21,24-25H2,1H3,(H,36,38)/b29-23+. The van der Waals surface area contributed by atoms with Crippen molar-refractivity contribution < 1.29 is 19.0 Å². The molecule has 3 aromatic carbocycles. The van der Waals surface area contributed by atoms with Gasteiger partial charge in [0.15, 0.2) is 0 Å². The summed E-state index contributed by atoms with van der Waals surface area (Å²) in [6.45, 7) is 7.60. The topological polar surface area (TPSA) is 60.0 Å². The van der Waals surface area contributed by atoms with Crippen molar-refractivity contribution in [3.63, 3.8) is 0 Å². The van der Waals surface area contributed by atoms with E-state index in [9.17, 15) is 4.79 Å². The molecule has 0 aliphatic carbocycles. The molecule has 0 aromatic heterocycles. The summed E-state index contributed by atoms with van der Waals surface area (Å²) >= 11 is 4.36. The number of rotatable bonds is 12. The van der Waals surface area contributed by atoms with Crippen LogP contribution in [0.3, 0.4) is 0 Å². The predicted molar refractivity (Wildman–Crippen MR) is 174 cm³/mol. The average Bonchev–Trinajstić information content (AvgIpc) is 3.51. The average molecular weight is 587 g/mol. The van der Waals surface area contributed by atoms with Gasteiger partial charge in [-0.3, -0.25) is 4.79 Å². The summed E-state index contributed by atoms with van der Waals surface area (Å²) in [6.07, 6.45) is 7.01. The first-order valence-electron chi connectivity index (χ1n) is 15.2. The van der Waals surface area contributed by atoms with E-state index in [0.717, 1.165) is 103 Å². The second kappa shape index (κ2) is 15.3. The third-order valence-corrected chi connectivity index (χ3v) is 8.12. The summed E-state index contributed by atoms with van der Waals surface area (Å²) in [7, 11) is 0. The zero-order valence-electron chi connectivity index (χ0n) is 24.5. The molecule has 0 radical (unpaired) electrons. The Morgan fingerprint density at radius 3 is 2.60 bits per heavy atom. The van der Waals surface area contributed by atoms with Crippen LogP contribution in [0.1, 0.15) is 44.6 Å². The van der Waals surface area contributed by atoms with Crippen molar-refractivity contribution in [2.24, 2.45) is 5.92 Å². The minimum absolute atomic E-state index is 0.0592. The first-order chi connectivity index (χ1) is 20.6. The highest BCUT2D eigenvalue weighted by molar-refractivity contribution is 7.80. The van der Waals surface area contributed by atoms with E-state index in [1.54, 1.807) is 0 Å². The predicted octanol–water partition coefficient (Wildman–Crippen LogP) is 7.50. The molecule has 1 amide bonds. The van der Waals surface area contributed by atoms with Gasteiger partial charge in [-0.1, -0.05) is 31.5 Å². The van der Waals surface area contributed by atoms with Gasteiger partial charge >= 0.3 is 0 Å². The van der Waals surface area contributed by atoms with E-state index in [4.69, 9.17) is 14.2 Å². The van der Waals surface area contributed by atoms with E-state index in [2.05, 4.69) is 66.2 Å². The summed E-state index contributed by atoms with van der Waals surface area (Å²) in [6, 6.07) is 22.3. The zero-order valence-corrected chi connectivity index (χ0v) is 25.4. The smallest absolute Gasteiger partial charge is 0.251 e. The van der Waals surface area contributed by atoms with Gasteiger partial charge in [-0.05, 0) is 97.0 Å². The molecule has 1 atom stereocenters. The number of benzene rings is 3. The third kappa shape index (κ3) is 8.40. The highest BCUT2D eigenvalue weighted by Gasteiger charge is 2.23. The van der Waals surface area contributed by atoms with Crippen LogP contribution in [0.25, 0.3) is 17.2 Å². The van der Waals surface area contributed by atoms with Crippen LogP contribution in [0.4, 0.5) is 11.4 Å². The van der Waals surface area contributed by atoms with E-state index in [-0.39, 0.29) is 5.91 Å². The molecule has 5 rings (SSSR count). The van der Waals surface area contributed by atoms with Gasteiger partial charge in [-0.15, -0.1) is 12.6 Å². The molecular weight excluding hydrogens is 544 g/mol. The lowest BCUT2D eigenvalue weighted by atomic mass is 9.95. The summed E-state index contributed by atoms with van der Waals surface area (Å²) in [5.74, 6) is 1.30. The van der Waals surface area contributed by atoms with E-state index in [0.29, 0.717) is 25.6 Å². The van der Waals surface area contributed by atoms with Gasteiger partial charge < -0.3 is 24.4 Å². The summed E-state index contributed by atoms with van der Waals surface area (Å²) in [4.78, 5) is 16.7. The van der Waals surface area contributed by atoms with Gasteiger partial charge in [0.1, 0.15) is 12.4 Å². The SMILES string of the molecule is CCCCOCCOc1ccc(-c2ccc3c(c2)/C=C(/C(=O)Nc2ccc(S)cc2)CCCN3CC2CCOC2)cc1. The number of ether oxygens (including phenoxy) is 3. The highest BCUT2D eigenvalue weighted by atomic mass is 32.1. The molecule has 1 unspecified atom stereocenters. The number of amides is 1. The van der Waals surface area contributed by atoms with Crippen LogP contribution in [-0.2, 0) is 14.3 Å². The summed E-state index contributed by atoms with van der Waals surface area (Å²) in [5, 5.41) is 3.08. The van der Waals surface area contributed by atoms with Crippen LogP contribution in [0.15, 0.2) is 77.2 Å². The zero-order chi connectivity index (χ0) is 29.1. The van der Waals surface area contributed by atoms with E-state index in [1.807, 2.05) is 36.4 Å². The van der Waals surface area contributed by atoms with Crippen molar-refractivity contribution in [2.75, 3.05) is 56.3 Å². The van der Waals surface area contributed by atoms with Crippen LogP contribution in [0.5, 0.6) is 5.75 Å². The number of nitrogens with one attached hydrogen (secondary N) is 1. The fourth-order valence-electron chi connectivity index (χ4n) is 5.45. The Balaban J connectivity index is 1.36. The van der Waals surface area contributed by atoms with Crippen LogP contribution in [0, 0.1) is 5.92 Å². The quantitative estimate of drug-likeness (QED) is 0.170. The largest absolute Gasteiger partial charge is 0.491 e. The Bertz CT molecular complexity index is 1330. The molecule has 1 fully saturated rings. The Morgan fingerprint density at radius 1 is 1.02 bits per heavy atom. The van der Waals surface area contributed by atoms with Crippen molar-refractivity contribution in [3.05, 3.63) is 77.9 Å². The molecule has 7 heteroatoms. The Kier molecular flexibility index (Phi) is 11.0. The number of carbonyl (C=O) groups is 1. The van der Waals surface area contributed by atoms with Crippen molar-refractivity contribution in [1.82, 2.24) is 0 Å². The molecule has 0 bridgehead atoms. The van der Waals surface area contributed by atoms with Crippen LogP contribution >= 0.6 is 12.6 Å². The van der Waals surface area contributed by atoms with Crippen LogP contribution in [-0.4, -0.2) is 52.0 Å². The minimum Gasteiger partial charge on any atom is -0.491 e. The van der Waals surface area contributed by atoms with E-state index < -0.39 is 0 Å². The molecule has 1 N–H and O–H groups in total. The molecule has 2 heterocycles. The lowest BCUT2D eigenvalue weighted by Crippen LogP contribution is -2.32. The molecule has 2 aliphatic rings. The molecule has 2 aliphatic heterocycles. The summed E-state index contributed by atoms with van der Waals surface area (Å²) in [5.41, 5.74) is 6.00. The first kappa shape index (κ1) is 30.2. The number of nitrogens with zero attached hydrogens (tertiary/aromatic N) is 1. The maximum Gasteiger partial charge on any atom is 0.251 e. The van der Waals surface area contributed by atoms with Crippen molar-refractivity contribution in [1.29, 1.82) is 0 Å². The maximum absolute atomic E-state index is 13.4. The molecular formula is C35H42N2O4S. The van der Waals surface area contributed by atoms with Crippen molar-refractivity contribution in [3.8, 4) is 16.9 Å². The lowest BCUT2D eigenvalue weighted by Gasteiger charge is -2.31. The highest BCUT2D eigenvalue weighted by Crippen LogP contribution is 2.34. The molecule has 222 valence electrons. The number of hydrogen-bond donors (Lipinski definition) is 2. The third-order valence-electron chi connectivity index (χ3n) is 7.82. The first-order valence-corrected chi connectivity index (χ1v) is 15.6. The monoisotopic (exact) mass is 586 g/mol. The number of thiol groups is 1. The molecule has 3 aromatic rings. The maximum atomic E-state index is 13.4. The number of fused-ring (bicyclic) bond motifs is 1.